The van der Waals surface area contributed by atoms with E-state index < -0.39 is 0 Å². The number of carbonyl (C=O) groups excluding carboxylic acids is 1. The lowest BCUT2D eigenvalue weighted by Gasteiger charge is -2.38. The average molecular weight is 505 g/mol. The minimum atomic E-state index is -0.296. The van der Waals surface area contributed by atoms with Gasteiger partial charge in [0.25, 0.3) is 5.91 Å². The zero-order valence-electron chi connectivity index (χ0n) is 21.2. The van der Waals surface area contributed by atoms with Gasteiger partial charge in [-0.15, -0.1) is 12.8 Å². The number of aromatic nitrogens is 1. The highest BCUT2D eigenvalue weighted by atomic mass is 16.8. The number of hydrogen-bond acceptors (Lipinski definition) is 7. The first kappa shape index (κ1) is 29.3. The number of benzene rings is 2. The molecule has 2 aromatic carbocycles. The summed E-state index contributed by atoms with van der Waals surface area (Å²) in [6.07, 6.45) is 17.1. The van der Waals surface area contributed by atoms with Crippen molar-refractivity contribution in [3.8, 4) is 24.3 Å². The van der Waals surface area contributed by atoms with E-state index in [0.717, 1.165) is 18.4 Å². The van der Waals surface area contributed by atoms with Crippen LogP contribution in [-0.4, -0.2) is 29.7 Å². The molecule has 1 aliphatic rings. The van der Waals surface area contributed by atoms with Crippen molar-refractivity contribution in [1.82, 2.24) is 15.8 Å². The van der Waals surface area contributed by atoms with Crippen molar-refractivity contribution < 1.29 is 19.6 Å². The van der Waals surface area contributed by atoms with E-state index in [1.54, 1.807) is 24.5 Å². The number of phenolic OH excluding ortho intramolecular Hbond substituents is 1. The molecule has 1 saturated carbocycles. The molecule has 0 spiro atoms. The third kappa shape index (κ3) is 8.62. The van der Waals surface area contributed by atoms with Gasteiger partial charge >= 0.3 is 0 Å². The second-order valence-corrected chi connectivity index (χ2v) is 8.54. The Morgan fingerprint density at radius 3 is 2.32 bits per heavy atom. The summed E-state index contributed by atoms with van der Waals surface area (Å²) in [5.74, 6) is 4.78. The monoisotopic (exact) mass is 504 g/mol. The molecule has 0 unspecified atom stereocenters. The molecule has 0 radical (unpaired) electrons. The number of phenols is 1. The van der Waals surface area contributed by atoms with E-state index in [0.29, 0.717) is 18.8 Å². The number of nitrogens with two attached hydrogens (primary N) is 1. The van der Waals surface area contributed by atoms with Gasteiger partial charge in [-0.05, 0) is 48.2 Å². The van der Waals surface area contributed by atoms with Gasteiger partial charge in [0, 0.05) is 30.9 Å². The fraction of sp³-hybridized carbons (Fsp3) is 0.310. The Bertz CT molecular complexity index is 1080. The molecule has 8 heteroatoms. The number of hydrogen-bond donors (Lipinski definition) is 4. The average Bonchev–Trinajstić information content (AvgIpc) is 2.97. The van der Waals surface area contributed by atoms with Crippen LogP contribution in [-0.2, 0) is 16.9 Å². The lowest BCUT2D eigenvalue weighted by molar-refractivity contribution is 0.0362. The van der Waals surface area contributed by atoms with Crippen LogP contribution in [0.2, 0.25) is 0 Å². The van der Waals surface area contributed by atoms with Gasteiger partial charge in [-0.2, -0.15) is 11.4 Å². The molecule has 1 amide bonds. The Morgan fingerprint density at radius 2 is 1.70 bits per heavy atom. The van der Waals surface area contributed by atoms with Gasteiger partial charge in [0.1, 0.15) is 17.1 Å². The van der Waals surface area contributed by atoms with Crippen molar-refractivity contribution in [2.45, 2.75) is 44.1 Å². The number of terminal acetylenes is 1. The zero-order chi connectivity index (χ0) is 26.9. The topological polar surface area (TPSA) is 119 Å². The van der Waals surface area contributed by atoms with E-state index in [4.69, 9.17) is 10.6 Å². The Balaban J connectivity index is 0.000000336. The summed E-state index contributed by atoms with van der Waals surface area (Å²) in [6.45, 7) is 1.16. The highest BCUT2D eigenvalue weighted by Crippen LogP contribution is 2.39. The van der Waals surface area contributed by atoms with Crippen LogP contribution in [0.1, 0.15) is 53.6 Å². The third-order valence-electron chi connectivity index (χ3n) is 6.34. The second kappa shape index (κ2) is 16.0. The lowest BCUT2D eigenvalue weighted by Crippen LogP contribution is -2.42. The molecule has 4 rings (SSSR count). The van der Waals surface area contributed by atoms with Crippen molar-refractivity contribution >= 4 is 5.91 Å². The molecular formula is C29H36N4O4. The smallest absolute Gasteiger partial charge is 0.258 e. The van der Waals surface area contributed by atoms with Gasteiger partial charge < -0.3 is 15.2 Å². The molecule has 5 N–H and O–H groups in total. The highest BCUT2D eigenvalue weighted by Gasteiger charge is 2.34. The van der Waals surface area contributed by atoms with Gasteiger partial charge in [0.15, 0.2) is 0 Å². The number of ether oxygens (including phenoxy) is 1. The number of carbonyl (C=O) groups is 1. The highest BCUT2D eigenvalue weighted by molar-refractivity contribution is 5.99. The first-order valence-corrected chi connectivity index (χ1v) is 12.1. The summed E-state index contributed by atoms with van der Waals surface area (Å²) in [6, 6.07) is 19.0. The Hall–Kier alpha value is -3.90. The maximum Gasteiger partial charge on any atom is 0.258 e. The van der Waals surface area contributed by atoms with E-state index in [9.17, 15) is 9.90 Å². The van der Waals surface area contributed by atoms with Crippen molar-refractivity contribution in [2.24, 2.45) is 5.90 Å². The number of nitrogens with one attached hydrogen (secondary N) is 2. The fourth-order valence-corrected chi connectivity index (χ4v) is 4.47. The molecule has 1 fully saturated rings. The minimum absolute atomic E-state index is 0.0349. The van der Waals surface area contributed by atoms with Crippen molar-refractivity contribution in [2.75, 3.05) is 13.7 Å². The molecule has 37 heavy (non-hydrogen) atoms. The first-order chi connectivity index (χ1) is 18.1. The van der Waals surface area contributed by atoms with Gasteiger partial charge in [-0.25, -0.2) is 4.94 Å². The predicted octanol–water partition coefficient (Wildman–Crippen LogP) is 4.26. The number of hydroxylamine groups is 1. The Kier molecular flexibility index (Phi) is 12.7. The molecule has 1 heterocycles. The maximum atomic E-state index is 12.7. The minimum Gasteiger partial charge on any atom is -0.507 e. The largest absolute Gasteiger partial charge is 0.507 e. The zero-order valence-corrected chi connectivity index (χ0v) is 21.2. The summed E-state index contributed by atoms with van der Waals surface area (Å²) in [5.41, 5.74) is 5.04. The molecular weight excluding hydrogens is 468 g/mol. The summed E-state index contributed by atoms with van der Waals surface area (Å²) in [5, 5.41) is 13.1. The molecule has 0 bridgehead atoms. The molecule has 0 atom stereocenters. The SMILES string of the molecule is C#C.COc1cccc(O)c1C(=O)NCC1(c2ccccc2)CCCCC1.NONCc1ccncc1. The second-order valence-electron chi connectivity index (χ2n) is 8.54. The van der Waals surface area contributed by atoms with Crippen LogP contribution in [0, 0.1) is 12.8 Å². The Labute approximate surface area is 219 Å². The van der Waals surface area contributed by atoms with Gasteiger partial charge in [-0.1, -0.05) is 55.7 Å². The van der Waals surface area contributed by atoms with Gasteiger partial charge in [0.05, 0.1) is 7.11 Å². The van der Waals surface area contributed by atoms with Gasteiger partial charge in [0.2, 0.25) is 0 Å². The van der Waals surface area contributed by atoms with E-state index >= 15 is 0 Å². The third-order valence-corrected chi connectivity index (χ3v) is 6.34. The van der Waals surface area contributed by atoms with Crippen molar-refractivity contribution in [1.29, 1.82) is 0 Å². The van der Waals surface area contributed by atoms with E-state index in [-0.39, 0.29) is 22.6 Å². The predicted molar refractivity (Wildman–Crippen MR) is 144 cm³/mol. The number of aromatic hydroxyl groups is 1. The van der Waals surface area contributed by atoms with E-state index in [1.165, 1.54) is 38.0 Å². The van der Waals surface area contributed by atoms with Crippen LogP contribution in [0.25, 0.3) is 0 Å². The lowest BCUT2D eigenvalue weighted by atomic mass is 9.69. The molecule has 196 valence electrons. The Morgan fingerprint density at radius 1 is 1.03 bits per heavy atom. The van der Waals surface area contributed by atoms with E-state index in [2.05, 4.69) is 57.8 Å². The van der Waals surface area contributed by atoms with Gasteiger partial charge in [-0.3, -0.25) is 9.78 Å². The summed E-state index contributed by atoms with van der Waals surface area (Å²) < 4.78 is 5.23. The molecule has 0 saturated heterocycles. The normalized spacial score (nSPS) is 13.6. The molecule has 1 aliphatic carbocycles. The van der Waals surface area contributed by atoms with Crippen LogP contribution < -0.4 is 21.4 Å². The van der Waals surface area contributed by atoms with Crippen LogP contribution >= 0.6 is 0 Å². The number of nitrogens with zero attached hydrogens (tertiary/aromatic N) is 1. The van der Waals surface area contributed by atoms with Crippen molar-refractivity contribution in [3.63, 3.8) is 0 Å². The molecule has 8 nitrogen and oxygen atoms in total. The number of pyridine rings is 1. The van der Waals surface area contributed by atoms with Crippen LogP contribution in [0.4, 0.5) is 0 Å². The first-order valence-electron chi connectivity index (χ1n) is 12.1. The summed E-state index contributed by atoms with van der Waals surface area (Å²) >= 11 is 0. The van der Waals surface area contributed by atoms with E-state index in [1.807, 2.05) is 18.2 Å². The number of rotatable bonds is 8. The standard InChI is InChI=1S/C21H25NO3.C6H9N3O.C2H2/c1-25-18-12-8-11-17(23)19(18)20(24)22-15-21(13-6-3-7-14-21)16-9-4-2-5-10-16;7-10-9-5-6-1-3-8-4-2-6;1-2/h2,4-5,8-12,23H,3,6-7,13-15H2,1H3,(H,22,24);1-4,9H,5,7H2;1-2H. The quantitative estimate of drug-likeness (QED) is 0.267. The van der Waals surface area contributed by atoms with Crippen LogP contribution in [0.5, 0.6) is 11.5 Å². The van der Waals surface area contributed by atoms with Crippen molar-refractivity contribution in [3.05, 3.63) is 89.7 Å². The molecule has 1 aromatic heterocycles. The van der Waals surface area contributed by atoms with Crippen LogP contribution in [0.15, 0.2) is 73.1 Å². The maximum absolute atomic E-state index is 12.7. The summed E-state index contributed by atoms with van der Waals surface area (Å²) in [7, 11) is 1.50. The number of methoxy groups -OCH3 is 1. The number of amides is 1. The molecule has 3 aromatic rings. The summed E-state index contributed by atoms with van der Waals surface area (Å²) in [4.78, 5) is 20.7. The molecule has 0 aliphatic heterocycles. The fourth-order valence-electron chi connectivity index (χ4n) is 4.47. The van der Waals surface area contributed by atoms with Crippen LogP contribution in [0.3, 0.4) is 0 Å².